The third-order valence-corrected chi connectivity index (χ3v) is 4.43. The number of esters is 1. The minimum Gasteiger partial charge on any atom is -0.483 e. The summed E-state index contributed by atoms with van der Waals surface area (Å²) in [4.78, 5) is 33.6. The van der Waals surface area contributed by atoms with Crippen LogP contribution in [0.3, 0.4) is 0 Å². The normalized spacial score (nSPS) is 10.1. The van der Waals surface area contributed by atoms with Crippen LogP contribution in [-0.2, 0) is 9.53 Å². The van der Waals surface area contributed by atoms with Gasteiger partial charge in [-0.05, 0) is 56.1 Å². The molecule has 0 bridgehead atoms. The van der Waals surface area contributed by atoms with Gasteiger partial charge in [0.25, 0.3) is 11.6 Å². The molecule has 0 atom stereocenters. The van der Waals surface area contributed by atoms with Gasteiger partial charge in [0.2, 0.25) is 0 Å². The van der Waals surface area contributed by atoms with Crippen LogP contribution >= 0.6 is 31.9 Å². The van der Waals surface area contributed by atoms with Crippen LogP contribution in [0.5, 0.6) is 5.75 Å². The second kappa shape index (κ2) is 8.77. The lowest BCUT2D eigenvalue weighted by Gasteiger charge is -2.10. The summed E-state index contributed by atoms with van der Waals surface area (Å²) < 4.78 is 10.9. The maximum atomic E-state index is 12.0. The lowest BCUT2D eigenvalue weighted by molar-refractivity contribution is -0.384. The highest BCUT2D eigenvalue weighted by Gasteiger charge is 2.13. The molecule has 0 radical (unpaired) electrons. The second-order valence-corrected chi connectivity index (χ2v) is 6.60. The third-order valence-electron chi connectivity index (χ3n) is 3.15. The predicted octanol–water partition coefficient (Wildman–Crippen LogP) is 3.92. The summed E-state index contributed by atoms with van der Waals surface area (Å²) in [6, 6.07) is 8.55. The van der Waals surface area contributed by atoms with Crippen molar-refractivity contribution in [3.05, 3.63) is 61.0 Å². The zero-order chi connectivity index (χ0) is 19.3. The van der Waals surface area contributed by atoms with Crippen molar-refractivity contribution in [3.63, 3.8) is 0 Å². The SMILES string of the molecule is COC(=O)c1ccc(OCC(=O)Nc2ccc([N+](=O)[O-])cc2Br)c(Br)c1. The van der Waals surface area contributed by atoms with Crippen LogP contribution in [0.15, 0.2) is 45.3 Å². The number of amides is 1. The van der Waals surface area contributed by atoms with Crippen LogP contribution in [0, 0.1) is 10.1 Å². The van der Waals surface area contributed by atoms with Gasteiger partial charge in [-0.3, -0.25) is 14.9 Å². The number of ether oxygens (including phenoxy) is 2. The van der Waals surface area contributed by atoms with E-state index in [1.807, 2.05) is 0 Å². The number of non-ortho nitro benzene ring substituents is 1. The Morgan fingerprint density at radius 1 is 1.15 bits per heavy atom. The molecule has 8 nitrogen and oxygen atoms in total. The number of hydrogen-bond acceptors (Lipinski definition) is 6. The molecule has 26 heavy (non-hydrogen) atoms. The maximum Gasteiger partial charge on any atom is 0.337 e. The fraction of sp³-hybridized carbons (Fsp3) is 0.125. The smallest absolute Gasteiger partial charge is 0.337 e. The van der Waals surface area contributed by atoms with Gasteiger partial charge in [0, 0.05) is 16.6 Å². The van der Waals surface area contributed by atoms with Crippen LogP contribution in [0.2, 0.25) is 0 Å². The summed E-state index contributed by atoms with van der Waals surface area (Å²) in [5, 5.41) is 13.3. The maximum absolute atomic E-state index is 12.0. The first-order valence-corrected chi connectivity index (χ1v) is 8.65. The Morgan fingerprint density at radius 3 is 2.46 bits per heavy atom. The summed E-state index contributed by atoms with van der Waals surface area (Å²) >= 11 is 6.43. The largest absolute Gasteiger partial charge is 0.483 e. The first kappa shape index (κ1) is 19.9. The number of carbonyl (C=O) groups excluding carboxylic acids is 2. The summed E-state index contributed by atoms with van der Waals surface area (Å²) in [6.07, 6.45) is 0. The van der Waals surface area contributed by atoms with Crippen molar-refractivity contribution in [1.82, 2.24) is 0 Å². The van der Waals surface area contributed by atoms with Gasteiger partial charge in [-0.15, -0.1) is 0 Å². The Morgan fingerprint density at radius 2 is 1.88 bits per heavy atom. The van der Waals surface area contributed by atoms with Crippen molar-refractivity contribution < 1.29 is 24.0 Å². The topological polar surface area (TPSA) is 108 Å². The Bertz CT molecular complexity index is 872. The minimum atomic E-state index is -0.533. The molecule has 2 rings (SSSR count). The number of hydrogen-bond donors (Lipinski definition) is 1. The van der Waals surface area contributed by atoms with Crippen LogP contribution in [0.4, 0.5) is 11.4 Å². The quantitative estimate of drug-likeness (QED) is 0.375. The molecule has 0 saturated heterocycles. The van der Waals surface area contributed by atoms with Crippen LogP contribution < -0.4 is 10.1 Å². The van der Waals surface area contributed by atoms with Crippen molar-refractivity contribution in [2.24, 2.45) is 0 Å². The molecule has 0 saturated carbocycles. The molecule has 1 amide bonds. The monoisotopic (exact) mass is 486 g/mol. The predicted molar refractivity (Wildman–Crippen MR) is 100 cm³/mol. The van der Waals surface area contributed by atoms with E-state index < -0.39 is 16.8 Å². The van der Waals surface area contributed by atoms with Gasteiger partial charge < -0.3 is 14.8 Å². The Kier molecular flexibility index (Phi) is 6.70. The zero-order valence-electron chi connectivity index (χ0n) is 13.3. The van der Waals surface area contributed by atoms with E-state index in [1.54, 1.807) is 0 Å². The number of nitrogens with zero attached hydrogens (tertiary/aromatic N) is 1. The van der Waals surface area contributed by atoms with Crippen molar-refractivity contribution in [1.29, 1.82) is 0 Å². The van der Waals surface area contributed by atoms with Crippen molar-refractivity contribution >= 4 is 55.1 Å². The van der Waals surface area contributed by atoms with E-state index in [0.717, 1.165) is 0 Å². The van der Waals surface area contributed by atoms with Crippen molar-refractivity contribution in [2.45, 2.75) is 0 Å². The number of benzene rings is 2. The van der Waals surface area contributed by atoms with Gasteiger partial charge in [0.05, 0.1) is 27.8 Å². The molecule has 136 valence electrons. The molecule has 0 aliphatic heterocycles. The Labute approximate surface area is 164 Å². The van der Waals surface area contributed by atoms with Crippen LogP contribution in [0.1, 0.15) is 10.4 Å². The fourth-order valence-corrected chi connectivity index (χ4v) is 2.87. The number of nitro groups is 1. The summed E-state index contributed by atoms with van der Waals surface area (Å²) in [7, 11) is 1.28. The van der Waals surface area contributed by atoms with E-state index in [1.165, 1.54) is 43.5 Å². The van der Waals surface area contributed by atoms with Crippen molar-refractivity contribution in [2.75, 3.05) is 19.0 Å². The van der Waals surface area contributed by atoms with E-state index in [-0.39, 0.29) is 12.3 Å². The molecule has 0 unspecified atom stereocenters. The molecule has 10 heteroatoms. The summed E-state index contributed by atoms with van der Waals surface area (Å²) in [5.74, 6) is -0.572. The highest BCUT2D eigenvalue weighted by Crippen LogP contribution is 2.28. The number of nitro benzene ring substituents is 1. The van der Waals surface area contributed by atoms with Gasteiger partial charge >= 0.3 is 5.97 Å². The highest BCUT2D eigenvalue weighted by atomic mass is 79.9. The van der Waals surface area contributed by atoms with Gasteiger partial charge in [0.1, 0.15) is 5.75 Å². The highest BCUT2D eigenvalue weighted by molar-refractivity contribution is 9.11. The lowest BCUT2D eigenvalue weighted by atomic mass is 10.2. The number of methoxy groups -OCH3 is 1. The number of nitrogens with one attached hydrogen (secondary N) is 1. The number of carbonyl (C=O) groups is 2. The van der Waals surface area contributed by atoms with Crippen LogP contribution in [0.25, 0.3) is 0 Å². The van der Waals surface area contributed by atoms with Gasteiger partial charge in [-0.25, -0.2) is 4.79 Å². The van der Waals surface area contributed by atoms with E-state index in [4.69, 9.17) is 4.74 Å². The molecule has 2 aromatic rings. The fourth-order valence-electron chi connectivity index (χ4n) is 1.91. The molecule has 0 aliphatic rings. The van der Waals surface area contributed by atoms with E-state index >= 15 is 0 Å². The first-order valence-electron chi connectivity index (χ1n) is 7.06. The first-order chi connectivity index (χ1) is 12.3. The molecule has 0 fully saturated rings. The molecule has 1 N–H and O–H groups in total. The van der Waals surface area contributed by atoms with E-state index in [9.17, 15) is 19.7 Å². The molecular weight excluding hydrogens is 476 g/mol. The van der Waals surface area contributed by atoms with Gasteiger partial charge in [-0.1, -0.05) is 0 Å². The standard InChI is InChI=1S/C16H12Br2N2O6/c1-25-16(22)9-2-5-14(12(18)6-9)26-8-15(21)19-13-4-3-10(20(23)24)7-11(13)17/h2-7H,8H2,1H3,(H,19,21). The number of anilines is 1. The zero-order valence-corrected chi connectivity index (χ0v) is 16.5. The summed E-state index contributed by atoms with van der Waals surface area (Å²) in [6.45, 7) is -0.292. The summed E-state index contributed by atoms with van der Waals surface area (Å²) in [5.41, 5.74) is 0.621. The van der Waals surface area contributed by atoms with Crippen LogP contribution in [-0.4, -0.2) is 30.5 Å². The number of rotatable bonds is 6. The molecule has 0 spiro atoms. The van der Waals surface area contributed by atoms with Gasteiger partial charge in [0.15, 0.2) is 6.61 Å². The number of halogens is 2. The molecule has 0 heterocycles. The third kappa shape index (κ3) is 5.02. The average molecular weight is 488 g/mol. The minimum absolute atomic E-state index is 0.0965. The van der Waals surface area contributed by atoms with Crippen molar-refractivity contribution in [3.8, 4) is 5.75 Å². The molecule has 2 aromatic carbocycles. The van der Waals surface area contributed by atoms with E-state index in [0.29, 0.717) is 25.9 Å². The molecular formula is C16H12Br2N2O6. The molecule has 0 aliphatic carbocycles. The molecule has 0 aromatic heterocycles. The Balaban J connectivity index is 1.99. The lowest BCUT2D eigenvalue weighted by Crippen LogP contribution is -2.20. The van der Waals surface area contributed by atoms with Gasteiger partial charge in [-0.2, -0.15) is 0 Å². The second-order valence-electron chi connectivity index (χ2n) is 4.89. The van der Waals surface area contributed by atoms with E-state index in [2.05, 4.69) is 41.9 Å². The average Bonchev–Trinajstić information content (AvgIpc) is 2.61. The Hall–Kier alpha value is -2.46.